The van der Waals surface area contributed by atoms with Crippen molar-refractivity contribution in [3.63, 3.8) is 0 Å². The number of anilines is 1. The number of rotatable bonds is 3. The van der Waals surface area contributed by atoms with E-state index in [1.165, 1.54) is 15.9 Å². The molecule has 0 spiro atoms. The summed E-state index contributed by atoms with van der Waals surface area (Å²) in [6.07, 6.45) is 7.97. The lowest BCUT2D eigenvalue weighted by Crippen LogP contribution is -2.43. The van der Waals surface area contributed by atoms with E-state index in [4.69, 9.17) is 4.98 Å². The zero-order valence-corrected chi connectivity index (χ0v) is 15.6. The van der Waals surface area contributed by atoms with E-state index in [2.05, 4.69) is 15.3 Å². The third-order valence-corrected chi connectivity index (χ3v) is 6.62. The maximum Gasteiger partial charge on any atom is 0.278 e. The van der Waals surface area contributed by atoms with Gasteiger partial charge in [-0.05, 0) is 51.4 Å². The van der Waals surface area contributed by atoms with Gasteiger partial charge in [-0.25, -0.2) is 4.98 Å². The quantitative estimate of drug-likeness (QED) is 0.883. The van der Waals surface area contributed by atoms with Gasteiger partial charge in [-0.3, -0.25) is 9.59 Å². The first-order valence-electron chi connectivity index (χ1n) is 9.66. The zero-order valence-electron chi connectivity index (χ0n) is 14.7. The van der Waals surface area contributed by atoms with Gasteiger partial charge in [0.15, 0.2) is 0 Å². The van der Waals surface area contributed by atoms with Crippen LogP contribution in [0, 0.1) is 5.92 Å². The Balaban J connectivity index is 1.42. The largest absolute Gasteiger partial charge is 0.353 e. The summed E-state index contributed by atoms with van der Waals surface area (Å²) >= 11 is 1.47. The fourth-order valence-corrected chi connectivity index (χ4v) is 4.95. The molecule has 2 fully saturated rings. The second kappa shape index (κ2) is 6.33. The standard InChI is InChI=1S/C18H23N5O2S/c24-15(19-12-7-8-12)11-4-3-9-22(10-11)18-21-23-16(25)13-5-1-2-6-14(13)20-17(23)26-18/h11-12H,1-10H2,(H,19,24). The van der Waals surface area contributed by atoms with Crippen LogP contribution in [0.2, 0.25) is 0 Å². The minimum Gasteiger partial charge on any atom is -0.353 e. The highest BCUT2D eigenvalue weighted by atomic mass is 32.1. The SMILES string of the molecule is O=C(NC1CC1)C1CCCN(c2nn3c(=O)c4c(nc3s2)CCCC4)C1. The molecule has 0 aromatic carbocycles. The number of piperidine rings is 1. The minimum absolute atomic E-state index is 0.00719. The molecule has 2 aliphatic carbocycles. The van der Waals surface area contributed by atoms with Crippen molar-refractivity contribution in [1.82, 2.24) is 19.9 Å². The van der Waals surface area contributed by atoms with Crippen molar-refractivity contribution in [2.24, 2.45) is 5.92 Å². The van der Waals surface area contributed by atoms with Crippen molar-refractivity contribution >= 4 is 27.3 Å². The van der Waals surface area contributed by atoms with Crippen LogP contribution in [-0.2, 0) is 17.6 Å². The van der Waals surface area contributed by atoms with E-state index in [0.717, 1.165) is 74.3 Å². The zero-order chi connectivity index (χ0) is 17.7. The van der Waals surface area contributed by atoms with E-state index in [9.17, 15) is 9.59 Å². The number of aromatic nitrogens is 3. The van der Waals surface area contributed by atoms with Crippen LogP contribution in [0.15, 0.2) is 4.79 Å². The molecule has 2 aromatic heterocycles. The number of aryl methyl sites for hydroxylation is 1. The van der Waals surface area contributed by atoms with Crippen LogP contribution in [-0.4, -0.2) is 39.6 Å². The highest BCUT2D eigenvalue weighted by Gasteiger charge is 2.31. The molecule has 1 N–H and O–H groups in total. The summed E-state index contributed by atoms with van der Waals surface area (Å²) in [4.78, 5) is 32.7. The van der Waals surface area contributed by atoms with Gasteiger partial charge in [0.05, 0.1) is 11.6 Å². The summed E-state index contributed by atoms with van der Waals surface area (Å²) in [5.41, 5.74) is 1.79. The van der Waals surface area contributed by atoms with E-state index in [1.54, 1.807) is 0 Å². The van der Waals surface area contributed by atoms with Crippen LogP contribution in [0.5, 0.6) is 0 Å². The Labute approximate surface area is 155 Å². The monoisotopic (exact) mass is 373 g/mol. The molecule has 3 aliphatic rings. The first-order chi connectivity index (χ1) is 12.7. The molecule has 138 valence electrons. The summed E-state index contributed by atoms with van der Waals surface area (Å²) in [7, 11) is 0. The molecule has 3 heterocycles. The van der Waals surface area contributed by atoms with Gasteiger partial charge in [0, 0.05) is 24.7 Å². The van der Waals surface area contributed by atoms with E-state index in [-0.39, 0.29) is 17.4 Å². The molecule has 1 atom stereocenters. The van der Waals surface area contributed by atoms with Crippen molar-refractivity contribution in [3.8, 4) is 0 Å². The van der Waals surface area contributed by atoms with Gasteiger partial charge in [-0.1, -0.05) is 11.3 Å². The van der Waals surface area contributed by atoms with Gasteiger partial charge >= 0.3 is 0 Å². The maximum atomic E-state index is 12.8. The van der Waals surface area contributed by atoms with Crippen LogP contribution in [0.3, 0.4) is 0 Å². The first-order valence-corrected chi connectivity index (χ1v) is 10.5. The molecule has 7 nitrogen and oxygen atoms in total. The van der Waals surface area contributed by atoms with Gasteiger partial charge in [0.1, 0.15) is 0 Å². The maximum absolute atomic E-state index is 12.8. The Morgan fingerprint density at radius 3 is 2.85 bits per heavy atom. The second-order valence-corrected chi connectivity index (χ2v) is 8.63. The van der Waals surface area contributed by atoms with Crippen LogP contribution >= 0.6 is 11.3 Å². The highest BCUT2D eigenvalue weighted by molar-refractivity contribution is 7.20. The van der Waals surface area contributed by atoms with Crippen LogP contribution < -0.4 is 15.8 Å². The van der Waals surface area contributed by atoms with E-state index >= 15 is 0 Å². The third kappa shape index (κ3) is 2.90. The van der Waals surface area contributed by atoms with Crippen molar-refractivity contribution in [3.05, 3.63) is 21.6 Å². The van der Waals surface area contributed by atoms with Crippen molar-refractivity contribution < 1.29 is 4.79 Å². The van der Waals surface area contributed by atoms with Crippen molar-refractivity contribution in [2.45, 2.75) is 57.4 Å². The van der Waals surface area contributed by atoms with Crippen LogP contribution in [0.25, 0.3) is 4.96 Å². The number of nitrogens with one attached hydrogen (secondary N) is 1. The van der Waals surface area contributed by atoms with Gasteiger partial charge < -0.3 is 10.2 Å². The number of nitrogens with zero attached hydrogens (tertiary/aromatic N) is 4. The number of carbonyl (C=O) groups excluding carboxylic acids is 1. The Morgan fingerprint density at radius 1 is 1.15 bits per heavy atom. The summed E-state index contributed by atoms with van der Waals surface area (Å²) in [6.45, 7) is 1.55. The van der Waals surface area contributed by atoms with Gasteiger partial charge in [-0.15, -0.1) is 5.10 Å². The number of carbonyl (C=O) groups is 1. The second-order valence-electron chi connectivity index (χ2n) is 7.70. The Kier molecular flexibility index (Phi) is 3.95. The summed E-state index contributed by atoms with van der Waals surface area (Å²) < 4.78 is 1.47. The van der Waals surface area contributed by atoms with E-state index in [1.807, 2.05) is 0 Å². The molecule has 1 aliphatic heterocycles. The average molecular weight is 373 g/mol. The number of fused-ring (bicyclic) bond motifs is 2. The Hall–Kier alpha value is -1.96. The number of amides is 1. The normalized spacial score (nSPS) is 23.1. The lowest BCUT2D eigenvalue weighted by molar-refractivity contribution is -0.125. The molecule has 2 aromatic rings. The Bertz CT molecular complexity index is 916. The molecular weight excluding hydrogens is 350 g/mol. The fourth-order valence-electron chi connectivity index (χ4n) is 4.00. The molecule has 1 unspecified atom stereocenters. The lowest BCUT2D eigenvalue weighted by Gasteiger charge is -2.31. The van der Waals surface area contributed by atoms with Crippen LogP contribution in [0.1, 0.15) is 49.8 Å². The first kappa shape index (κ1) is 16.2. The predicted octanol–water partition coefficient (Wildman–Crippen LogP) is 1.52. The van der Waals surface area contributed by atoms with E-state index < -0.39 is 0 Å². The predicted molar refractivity (Wildman–Crippen MR) is 99.9 cm³/mol. The third-order valence-electron chi connectivity index (χ3n) is 5.66. The van der Waals surface area contributed by atoms with E-state index in [0.29, 0.717) is 17.5 Å². The Morgan fingerprint density at radius 2 is 2.00 bits per heavy atom. The summed E-state index contributed by atoms with van der Waals surface area (Å²) in [6, 6.07) is 0.398. The van der Waals surface area contributed by atoms with Gasteiger partial charge in [0.25, 0.3) is 5.56 Å². The molecule has 0 radical (unpaired) electrons. The van der Waals surface area contributed by atoms with Crippen molar-refractivity contribution in [2.75, 3.05) is 18.0 Å². The molecule has 1 saturated carbocycles. The summed E-state index contributed by atoms with van der Waals surface area (Å²) in [5.74, 6) is 0.179. The highest BCUT2D eigenvalue weighted by Crippen LogP contribution is 2.29. The smallest absolute Gasteiger partial charge is 0.278 e. The summed E-state index contributed by atoms with van der Waals surface area (Å²) in [5, 5.41) is 8.49. The lowest BCUT2D eigenvalue weighted by atomic mass is 9.97. The fraction of sp³-hybridized carbons (Fsp3) is 0.667. The average Bonchev–Trinajstić information content (AvgIpc) is 3.37. The molecule has 26 heavy (non-hydrogen) atoms. The molecule has 8 heteroatoms. The minimum atomic E-state index is -0.00719. The molecular formula is C18H23N5O2S. The van der Waals surface area contributed by atoms with Gasteiger partial charge in [-0.2, -0.15) is 4.52 Å². The molecule has 5 rings (SSSR count). The number of hydrogen-bond acceptors (Lipinski definition) is 6. The van der Waals surface area contributed by atoms with Crippen molar-refractivity contribution in [1.29, 1.82) is 0 Å². The van der Waals surface area contributed by atoms with Gasteiger partial charge in [0.2, 0.25) is 16.0 Å². The molecule has 1 saturated heterocycles. The van der Waals surface area contributed by atoms with Crippen LogP contribution in [0.4, 0.5) is 5.13 Å². The topological polar surface area (TPSA) is 79.6 Å². The molecule has 1 amide bonds. The number of hydrogen-bond donors (Lipinski definition) is 1. The molecule has 0 bridgehead atoms.